The number of benzene rings is 2. The Kier molecular flexibility index (Phi) is 4.00. The van der Waals surface area contributed by atoms with E-state index in [1.54, 1.807) is 12.1 Å². The molecule has 2 aromatic rings. The fourth-order valence-corrected chi connectivity index (χ4v) is 2.65. The molecule has 1 heterocycles. The first-order chi connectivity index (χ1) is 10.2. The van der Waals surface area contributed by atoms with Gasteiger partial charge in [0, 0.05) is 25.0 Å². The first-order valence-corrected chi connectivity index (χ1v) is 7.37. The molecule has 21 heavy (non-hydrogen) atoms. The largest absolute Gasteiger partial charge is 0.372 e. The number of nitrogens with zero attached hydrogens (tertiary/aromatic N) is 2. The fourth-order valence-electron chi connectivity index (χ4n) is 2.65. The van der Waals surface area contributed by atoms with Crippen molar-refractivity contribution in [3.8, 4) is 0 Å². The average molecular weight is 282 g/mol. The van der Waals surface area contributed by atoms with E-state index in [1.807, 2.05) is 6.21 Å². The molecule has 0 amide bonds. The van der Waals surface area contributed by atoms with Gasteiger partial charge in [-0.3, -0.25) is 4.99 Å². The number of rotatable bonds is 3. The second-order valence-electron chi connectivity index (χ2n) is 5.47. The summed E-state index contributed by atoms with van der Waals surface area (Å²) in [6.07, 6.45) is 4.41. The zero-order valence-corrected chi connectivity index (χ0v) is 12.2. The molecule has 1 aliphatic heterocycles. The Bertz CT molecular complexity index is 641. The molecule has 0 bridgehead atoms. The minimum Gasteiger partial charge on any atom is -0.372 e. The monoisotopic (exact) mass is 282 g/mol. The Morgan fingerprint density at radius 2 is 1.76 bits per heavy atom. The average Bonchev–Trinajstić information content (AvgIpc) is 3.02. The molecular weight excluding hydrogens is 263 g/mol. The van der Waals surface area contributed by atoms with Crippen molar-refractivity contribution >= 4 is 17.6 Å². The topological polar surface area (TPSA) is 15.6 Å². The van der Waals surface area contributed by atoms with Crippen molar-refractivity contribution < 1.29 is 4.39 Å². The second kappa shape index (κ2) is 6.08. The van der Waals surface area contributed by atoms with Crippen molar-refractivity contribution in [2.75, 3.05) is 18.0 Å². The van der Waals surface area contributed by atoms with Crippen molar-refractivity contribution in [2.24, 2.45) is 4.99 Å². The quantitative estimate of drug-likeness (QED) is 0.758. The summed E-state index contributed by atoms with van der Waals surface area (Å²) in [7, 11) is 0. The van der Waals surface area contributed by atoms with Crippen molar-refractivity contribution in [1.29, 1.82) is 0 Å². The van der Waals surface area contributed by atoms with Gasteiger partial charge in [0.2, 0.25) is 0 Å². The van der Waals surface area contributed by atoms with E-state index in [-0.39, 0.29) is 5.82 Å². The van der Waals surface area contributed by atoms with Crippen molar-refractivity contribution in [2.45, 2.75) is 19.8 Å². The second-order valence-corrected chi connectivity index (χ2v) is 5.47. The predicted octanol–water partition coefficient (Wildman–Crippen LogP) is 4.48. The van der Waals surface area contributed by atoms with E-state index in [9.17, 15) is 4.39 Å². The summed E-state index contributed by atoms with van der Waals surface area (Å²) in [4.78, 5) is 6.82. The molecule has 0 spiro atoms. The van der Waals surface area contributed by atoms with Crippen LogP contribution in [0.25, 0.3) is 0 Å². The van der Waals surface area contributed by atoms with E-state index in [0.29, 0.717) is 0 Å². The lowest BCUT2D eigenvalue weighted by molar-refractivity contribution is 0.628. The van der Waals surface area contributed by atoms with E-state index >= 15 is 0 Å². The molecule has 1 aliphatic rings. The summed E-state index contributed by atoms with van der Waals surface area (Å²) in [6.45, 7) is 4.41. The molecule has 0 aromatic heterocycles. The van der Waals surface area contributed by atoms with E-state index in [1.165, 1.54) is 36.2 Å². The van der Waals surface area contributed by atoms with Gasteiger partial charge in [0.15, 0.2) is 0 Å². The number of halogens is 1. The van der Waals surface area contributed by atoms with Crippen molar-refractivity contribution in [3.05, 3.63) is 59.4 Å². The Morgan fingerprint density at radius 1 is 1.05 bits per heavy atom. The van der Waals surface area contributed by atoms with Gasteiger partial charge in [-0.2, -0.15) is 0 Å². The molecule has 3 rings (SSSR count). The third kappa shape index (κ3) is 3.30. The van der Waals surface area contributed by atoms with Crippen LogP contribution in [-0.2, 0) is 0 Å². The number of aliphatic imine (C=N–C) groups is 1. The lowest BCUT2D eigenvalue weighted by Gasteiger charge is -2.18. The molecule has 0 N–H and O–H groups in total. The van der Waals surface area contributed by atoms with E-state index in [0.717, 1.165) is 24.3 Å². The molecule has 0 unspecified atom stereocenters. The van der Waals surface area contributed by atoms with Gasteiger partial charge in [0.1, 0.15) is 5.82 Å². The molecule has 1 saturated heterocycles. The van der Waals surface area contributed by atoms with Crippen LogP contribution in [0.3, 0.4) is 0 Å². The van der Waals surface area contributed by atoms with Crippen LogP contribution in [0.5, 0.6) is 0 Å². The molecule has 2 nitrogen and oxygen atoms in total. The first-order valence-electron chi connectivity index (χ1n) is 7.37. The van der Waals surface area contributed by atoms with Gasteiger partial charge in [-0.15, -0.1) is 0 Å². The molecule has 2 aromatic carbocycles. The normalized spacial score (nSPS) is 15.0. The van der Waals surface area contributed by atoms with Crippen molar-refractivity contribution in [1.82, 2.24) is 0 Å². The lowest BCUT2D eigenvalue weighted by atomic mass is 10.1. The maximum atomic E-state index is 12.8. The molecule has 108 valence electrons. The SMILES string of the molecule is Cc1cc(N2CCCC2)ccc1C=Nc1ccc(F)cc1. The summed E-state index contributed by atoms with van der Waals surface area (Å²) >= 11 is 0. The molecule has 1 fully saturated rings. The van der Waals surface area contributed by atoms with Crippen LogP contribution < -0.4 is 4.90 Å². The first kappa shape index (κ1) is 13.8. The third-order valence-corrected chi connectivity index (χ3v) is 3.90. The number of hydrogen-bond acceptors (Lipinski definition) is 2. The minimum absolute atomic E-state index is 0.236. The van der Waals surface area contributed by atoms with Crippen LogP contribution >= 0.6 is 0 Å². The summed E-state index contributed by atoms with van der Waals surface area (Å²) < 4.78 is 12.8. The molecule has 0 atom stereocenters. The summed E-state index contributed by atoms with van der Waals surface area (Å²) in [6, 6.07) is 12.7. The highest BCUT2D eigenvalue weighted by atomic mass is 19.1. The van der Waals surface area contributed by atoms with Gasteiger partial charge in [0.05, 0.1) is 5.69 Å². The molecular formula is C18H19FN2. The summed E-state index contributed by atoms with van der Waals surface area (Å²) in [5.74, 6) is -0.236. The van der Waals surface area contributed by atoms with E-state index in [2.05, 4.69) is 35.0 Å². The van der Waals surface area contributed by atoms with Gasteiger partial charge >= 0.3 is 0 Å². The van der Waals surface area contributed by atoms with Gasteiger partial charge in [0.25, 0.3) is 0 Å². The predicted molar refractivity (Wildman–Crippen MR) is 86.3 cm³/mol. The summed E-state index contributed by atoms with van der Waals surface area (Å²) in [5.41, 5.74) is 4.37. The summed E-state index contributed by atoms with van der Waals surface area (Å²) in [5, 5.41) is 0. The maximum Gasteiger partial charge on any atom is 0.123 e. The van der Waals surface area contributed by atoms with Crippen LogP contribution in [0.4, 0.5) is 15.8 Å². The highest BCUT2D eigenvalue weighted by molar-refractivity contribution is 5.84. The zero-order valence-electron chi connectivity index (χ0n) is 12.2. The molecule has 0 aliphatic carbocycles. The van der Waals surface area contributed by atoms with Crippen LogP contribution in [0.1, 0.15) is 24.0 Å². The minimum atomic E-state index is -0.236. The fraction of sp³-hybridized carbons (Fsp3) is 0.278. The number of aryl methyl sites for hydroxylation is 1. The standard InChI is InChI=1S/C18H19FN2/c1-14-12-18(21-10-2-3-11-21)9-4-15(14)13-20-17-7-5-16(19)6-8-17/h4-9,12-13H,2-3,10-11H2,1H3. The van der Waals surface area contributed by atoms with Crippen molar-refractivity contribution in [3.63, 3.8) is 0 Å². The van der Waals surface area contributed by atoms with E-state index in [4.69, 9.17) is 0 Å². The smallest absolute Gasteiger partial charge is 0.123 e. The Balaban J connectivity index is 1.77. The van der Waals surface area contributed by atoms with E-state index < -0.39 is 0 Å². The van der Waals surface area contributed by atoms with Crippen LogP contribution in [-0.4, -0.2) is 19.3 Å². The Morgan fingerprint density at radius 3 is 2.43 bits per heavy atom. The van der Waals surface area contributed by atoms with Crippen LogP contribution in [0.2, 0.25) is 0 Å². The van der Waals surface area contributed by atoms with Gasteiger partial charge in [-0.25, -0.2) is 4.39 Å². The highest BCUT2D eigenvalue weighted by Crippen LogP contribution is 2.23. The van der Waals surface area contributed by atoms with Gasteiger partial charge in [-0.05, 0) is 67.3 Å². The number of anilines is 1. The van der Waals surface area contributed by atoms with Crippen LogP contribution in [0, 0.1) is 12.7 Å². The number of hydrogen-bond donors (Lipinski definition) is 0. The maximum absolute atomic E-state index is 12.8. The molecule has 3 heteroatoms. The third-order valence-electron chi connectivity index (χ3n) is 3.90. The zero-order chi connectivity index (χ0) is 14.7. The van der Waals surface area contributed by atoms with Gasteiger partial charge in [-0.1, -0.05) is 6.07 Å². The van der Waals surface area contributed by atoms with Gasteiger partial charge < -0.3 is 4.90 Å². The molecule has 0 saturated carbocycles. The highest BCUT2D eigenvalue weighted by Gasteiger charge is 2.12. The Labute approximate surface area is 124 Å². The van der Waals surface area contributed by atoms with Crippen LogP contribution in [0.15, 0.2) is 47.5 Å². The Hall–Kier alpha value is -2.16. The molecule has 0 radical (unpaired) electrons. The lowest BCUT2D eigenvalue weighted by Crippen LogP contribution is -2.17.